The summed E-state index contributed by atoms with van der Waals surface area (Å²) in [6.45, 7) is 1.77. The predicted molar refractivity (Wildman–Crippen MR) is 56.9 cm³/mol. The van der Waals surface area contributed by atoms with Gasteiger partial charge in [0.05, 0.1) is 7.11 Å². The number of esters is 1. The molecule has 16 heavy (non-hydrogen) atoms. The van der Waals surface area contributed by atoms with Gasteiger partial charge in [-0.1, -0.05) is 0 Å². The van der Waals surface area contributed by atoms with Gasteiger partial charge < -0.3 is 9.72 Å². The second-order valence-electron chi connectivity index (χ2n) is 3.43. The van der Waals surface area contributed by atoms with Gasteiger partial charge in [-0.3, -0.25) is 4.68 Å². The van der Waals surface area contributed by atoms with E-state index in [9.17, 15) is 4.79 Å². The number of aryl methyl sites for hydroxylation is 2. The molecule has 0 saturated carbocycles. The second-order valence-corrected chi connectivity index (χ2v) is 3.43. The minimum absolute atomic E-state index is 0.295. The third-order valence-electron chi connectivity index (χ3n) is 2.22. The number of rotatable bonds is 2. The van der Waals surface area contributed by atoms with E-state index in [0.717, 1.165) is 0 Å². The van der Waals surface area contributed by atoms with Crippen molar-refractivity contribution >= 4 is 5.97 Å². The Morgan fingerprint density at radius 2 is 2.31 bits per heavy atom. The molecule has 6 heteroatoms. The largest absolute Gasteiger partial charge is 0.464 e. The quantitative estimate of drug-likeness (QED) is 0.763. The molecule has 0 aliphatic carbocycles. The van der Waals surface area contributed by atoms with Gasteiger partial charge in [-0.05, 0) is 13.0 Å². The fourth-order valence-electron chi connectivity index (χ4n) is 1.42. The van der Waals surface area contributed by atoms with Gasteiger partial charge in [0.25, 0.3) is 0 Å². The van der Waals surface area contributed by atoms with Crippen molar-refractivity contribution in [1.82, 2.24) is 19.7 Å². The summed E-state index contributed by atoms with van der Waals surface area (Å²) < 4.78 is 6.30. The Bertz CT molecular complexity index is 527. The van der Waals surface area contributed by atoms with Crippen LogP contribution in [-0.4, -0.2) is 32.8 Å². The molecule has 2 aromatic rings. The number of nitrogens with one attached hydrogen (secondary N) is 1. The average Bonchev–Trinajstić information content (AvgIpc) is 2.83. The molecule has 0 fully saturated rings. The lowest BCUT2D eigenvalue weighted by Gasteiger charge is -1.93. The van der Waals surface area contributed by atoms with E-state index >= 15 is 0 Å². The smallest absolute Gasteiger partial charge is 0.358 e. The number of carbonyl (C=O) groups excluding carboxylic acids is 1. The molecule has 0 bridgehead atoms. The number of hydrogen-bond donors (Lipinski definition) is 1. The van der Waals surface area contributed by atoms with Crippen molar-refractivity contribution in [2.75, 3.05) is 7.11 Å². The molecule has 2 rings (SSSR count). The van der Waals surface area contributed by atoms with Gasteiger partial charge in [0.1, 0.15) is 5.69 Å². The highest BCUT2D eigenvalue weighted by Gasteiger charge is 2.16. The van der Waals surface area contributed by atoms with Crippen molar-refractivity contribution in [1.29, 1.82) is 0 Å². The van der Waals surface area contributed by atoms with E-state index in [0.29, 0.717) is 22.9 Å². The molecule has 0 radical (unpaired) electrons. The first-order valence-corrected chi connectivity index (χ1v) is 4.76. The number of imidazole rings is 1. The Hall–Kier alpha value is -2.11. The molecular formula is C10H12N4O2. The zero-order valence-corrected chi connectivity index (χ0v) is 9.31. The van der Waals surface area contributed by atoms with E-state index in [1.807, 2.05) is 19.3 Å². The van der Waals surface area contributed by atoms with Crippen molar-refractivity contribution in [2.45, 2.75) is 6.92 Å². The van der Waals surface area contributed by atoms with Crippen LogP contribution in [0.25, 0.3) is 11.5 Å². The SMILES string of the molecule is COC(=O)c1nc(-c2ccn(C)n2)[nH]c1C. The zero-order valence-electron chi connectivity index (χ0n) is 9.31. The maximum absolute atomic E-state index is 11.4. The summed E-state index contributed by atoms with van der Waals surface area (Å²) in [4.78, 5) is 18.5. The summed E-state index contributed by atoms with van der Waals surface area (Å²) in [5, 5.41) is 4.19. The Kier molecular flexibility index (Phi) is 2.47. The van der Waals surface area contributed by atoms with Gasteiger partial charge in [-0.2, -0.15) is 5.10 Å². The highest BCUT2D eigenvalue weighted by Crippen LogP contribution is 2.16. The number of carbonyl (C=O) groups is 1. The number of aromatic amines is 1. The summed E-state index contributed by atoms with van der Waals surface area (Å²) in [7, 11) is 3.15. The fourth-order valence-corrected chi connectivity index (χ4v) is 1.42. The van der Waals surface area contributed by atoms with Crippen LogP contribution in [0.4, 0.5) is 0 Å². The number of hydrogen-bond acceptors (Lipinski definition) is 4. The summed E-state index contributed by atoms with van der Waals surface area (Å²) >= 11 is 0. The van der Waals surface area contributed by atoms with E-state index < -0.39 is 5.97 Å². The summed E-state index contributed by atoms with van der Waals surface area (Å²) in [6.07, 6.45) is 1.81. The molecule has 1 N–H and O–H groups in total. The fraction of sp³-hybridized carbons (Fsp3) is 0.300. The van der Waals surface area contributed by atoms with E-state index in [4.69, 9.17) is 0 Å². The number of ether oxygens (including phenoxy) is 1. The first-order valence-electron chi connectivity index (χ1n) is 4.76. The van der Waals surface area contributed by atoms with Crippen molar-refractivity contribution in [3.8, 4) is 11.5 Å². The van der Waals surface area contributed by atoms with Crippen molar-refractivity contribution in [3.63, 3.8) is 0 Å². The predicted octanol–water partition coefficient (Wildman–Crippen LogP) is 0.905. The number of aromatic nitrogens is 4. The van der Waals surface area contributed by atoms with Crippen LogP contribution in [0.2, 0.25) is 0 Å². The van der Waals surface area contributed by atoms with E-state index in [2.05, 4.69) is 19.8 Å². The summed E-state index contributed by atoms with van der Waals surface area (Å²) in [6, 6.07) is 1.82. The molecule has 0 aliphatic rings. The van der Waals surface area contributed by atoms with Crippen LogP contribution in [0.15, 0.2) is 12.3 Å². The van der Waals surface area contributed by atoms with Gasteiger partial charge in [0.15, 0.2) is 11.5 Å². The molecule has 0 aromatic carbocycles. The van der Waals surface area contributed by atoms with Crippen LogP contribution in [0, 0.1) is 6.92 Å². The van der Waals surface area contributed by atoms with Crippen LogP contribution >= 0.6 is 0 Å². The topological polar surface area (TPSA) is 72.8 Å². The standard InChI is InChI=1S/C10H12N4O2/c1-6-8(10(15)16-3)12-9(11-6)7-4-5-14(2)13-7/h4-5H,1-3H3,(H,11,12). The number of methoxy groups -OCH3 is 1. The monoisotopic (exact) mass is 220 g/mol. The van der Waals surface area contributed by atoms with Gasteiger partial charge in [0, 0.05) is 18.9 Å². The van der Waals surface area contributed by atoms with E-state index in [1.54, 1.807) is 11.6 Å². The van der Waals surface area contributed by atoms with Crippen LogP contribution in [0.3, 0.4) is 0 Å². The molecule has 2 heterocycles. The molecule has 2 aromatic heterocycles. The molecule has 0 atom stereocenters. The summed E-state index contributed by atoms with van der Waals surface area (Å²) in [5.74, 6) is 0.120. The number of nitrogens with zero attached hydrogens (tertiary/aromatic N) is 3. The van der Waals surface area contributed by atoms with Crippen molar-refractivity contribution in [3.05, 3.63) is 23.7 Å². The van der Waals surface area contributed by atoms with E-state index in [-0.39, 0.29) is 0 Å². The third-order valence-corrected chi connectivity index (χ3v) is 2.22. The molecular weight excluding hydrogens is 208 g/mol. The van der Waals surface area contributed by atoms with Crippen LogP contribution in [-0.2, 0) is 11.8 Å². The van der Waals surface area contributed by atoms with E-state index in [1.165, 1.54) is 7.11 Å². The van der Waals surface area contributed by atoms with Crippen LogP contribution < -0.4 is 0 Å². The molecule has 0 spiro atoms. The lowest BCUT2D eigenvalue weighted by atomic mass is 10.3. The third kappa shape index (κ3) is 1.69. The van der Waals surface area contributed by atoms with Crippen LogP contribution in [0.5, 0.6) is 0 Å². The number of H-pyrrole nitrogens is 1. The molecule has 6 nitrogen and oxygen atoms in total. The minimum Gasteiger partial charge on any atom is -0.464 e. The van der Waals surface area contributed by atoms with Crippen molar-refractivity contribution in [2.24, 2.45) is 7.05 Å². The van der Waals surface area contributed by atoms with Gasteiger partial charge in [-0.25, -0.2) is 9.78 Å². The highest BCUT2D eigenvalue weighted by atomic mass is 16.5. The normalized spacial score (nSPS) is 10.4. The summed E-state index contributed by atoms with van der Waals surface area (Å²) in [5.41, 5.74) is 1.66. The highest BCUT2D eigenvalue weighted by molar-refractivity contribution is 5.89. The lowest BCUT2D eigenvalue weighted by molar-refractivity contribution is 0.0594. The second kappa shape index (κ2) is 3.80. The first-order chi connectivity index (χ1) is 7.61. The Balaban J connectivity index is 2.41. The van der Waals surface area contributed by atoms with Crippen molar-refractivity contribution < 1.29 is 9.53 Å². The molecule has 0 aliphatic heterocycles. The van der Waals surface area contributed by atoms with Gasteiger partial charge in [0.2, 0.25) is 0 Å². The molecule has 84 valence electrons. The van der Waals surface area contributed by atoms with Gasteiger partial charge >= 0.3 is 5.97 Å². The molecule has 0 amide bonds. The lowest BCUT2D eigenvalue weighted by Crippen LogP contribution is -2.03. The van der Waals surface area contributed by atoms with Gasteiger partial charge in [-0.15, -0.1) is 0 Å². The maximum Gasteiger partial charge on any atom is 0.358 e. The zero-order chi connectivity index (χ0) is 11.7. The Morgan fingerprint density at radius 1 is 1.56 bits per heavy atom. The maximum atomic E-state index is 11.4. The first kappa shape index (κ1) is 10.4. The Labute approximate surface area is 92.3 Å². The average molecular weight is 220 g/mol. The minimum atomic E-state index is -0.448. The molecule has 0 unspecified atom stereocenters. The Morgan fingerprint density at radius 3 is 2.88 bits per heavy atom. The van der Waals surface area contributed by atoms with Crippen LogP contribution in [0.1, 0.15) is 16.2 Å². The molecule has 0 saturated heterocycles.